The second-order valence-electron chi connectivity index (χ2n) is 8.43. The number of ether oxygens (including phenoxy) is 3. The molecule has 7 heteroatoms. The summed E-state index contributed by atoms with van der Waals surface area (Å²) in [6.07, 6.45) is 0.342. The summed E-state index contributed by atoms with van der Waals surface area (Å²) in [6.45, 7) is 6.37. The van der Waals surface area contributed by atoms with E-state index in [1.54, 1.807) is 30.0 Å². The monoisotopic (exact) mass is 474 g/mol. The number of fused-ring (bicyclic) bond motifs is 1. The Morgan fingerprint density at radius 1 is 1.00 bits per heavy atom. The van der Waals surface area contributed by atoms with Gasteiger partial charge in [0, 0.05) is 5.69 Å². The average Bonchev–Trinajstić information content (AvgIpc) is 2.87. The summed E-state index contributed by atoms with van der Waals surface area (Å²) in [4.78, 5) is 26.9. The number of amides is 2. The molecule has 0 aromatic heterocycles. The predicted molar refractivity (Wildman–Crippen MR) is 136 cm³/mol. The number of nitrogens with one attached hydrogen (secondary N) is 1. The number of anilines is 2. The molecule has 1 unspecified atom stereocenters. The lowest BCUT2D eigenvalue weighted by Gasteiger charge is -2.33. The minimum atomic E-state index is -0.602. The van der Waals surface area contributed by atoms with Crippen molar-refractivity contribution in [3.05, 3.63) is 77.9 Å². The first-order chi connectivity index (χ1) is 16.9. The Morgan fingerprint density at radius 3 is 2.40 bits per heavy atom. The fourth-order valence-corrected chi connectivity index (χ4v) is 3.77. The minimum absolute atomic E-state index is 0.122. The molecule has 0 bridgehead atoms. The van der Waals surface area contributed by atoms with Gasteiger partial charge in [-0.1, -0.05) is 36.8 Å². The van der Waals surface area contributed by atoms with Gasteiger partial charge in [-0.25, -0.2) is 0 Å². The number of aryl methyl sites for hydroxylation is 2. The van der Waals surface area contributed by atoms with Gasteiger partial charge in [0.1, 0.15) is 23.9 Å². The van der Waals surface area contributed by atoms with E-state index in [1.807, 2.05) is 55.5 Å². The first-order valence-corrected chi connectivity index (χ1v) is 11.8. The van der Waals surface area contributed by atoms with Gasteiger partial charge < -0.3 is 24.4 Å². The molecule has 35 heavy (non-hydrogen) atoms. The van der Waals surface area contributed by atoms with Crippen LogP contribution < -0.4 is 24.4 Å². The van der Waals surface area contributed by atoms with Gasteiger partial charge in [-0.15, -0.1) is 0 Å². The fourth-order valence-electron chi connectivity index (χ4n) is 3.77. The summed E-state index contributed by atoms with van der Waals surface area (Å²) in [7, 11) is 0. The molecule has 1 N–H and O–H groups in total. The highest BCUT2D eigenvalue weighted by Crippen LogP contribution is 2.36. The molecule has 1 aliphatic heterocycles. The Labute approximate surface area is 205 Å². The summed E-state index contributed by atoms with van der Waals surface area (Å²) < 4.78 is 17.2. The molecular weight excluding hydrogens is 444 g/mol. The molecule has 1 heterocycles. The van der Waals surface area contributed by atoms with E-state index in [0.717, 1.165) is 17.7 Å². The lowest BCUT2D eigenvalue weighted by Crippen LogP contribution is -2.46. The highest BCUT2D eigenvalue weighted by molar-refractivity contribution is 6.01. The van der Waals surface area contributed by atoms with Gasteiger partial charge in [0.25, 0.3) is 11.8 Å². The minimum Gasteiger partial charge on any atom is -0.492 e. The van der Waals surface area contributed by atoms with Gasteiger partial charge in [0.2, 0.25) is 0 Å². The third-order valence-corrected chi connectivity index (χ3v) is 5.76. The third kappa shape index (κ3) is 6.12. The lowest BCUT2D eigenvalue weighted by molar-refractivity contribution is -0.125. The number of carbonyl (C=O) groups is 2. The maximum Gasteiger partial charge on any atom is 0.267 e. The van der Waals surface area contributed by atoms with Crippen LogP contribution in [0.1, 0.15) is 25.0 Å². The molecule has 1 atom stereocenters. The zero-order chi connectivity index (χ0) is 24.8. The molecule has 0 fully saturated rings. The number of rotatable bonds is 9. The number of hydrogen-bond donors (Lipinski definition) is 1. The van der Waals surface area contributed by atoms with Crippen LogP contribution in [-0.4, -0.2) is 37.7 Å². The van der Waals surface area contributed by atoms with Gasteiger partial charge >= 0.3 is 0 Å². The van der Waals surface area contributed by atoms with Crippen LogP contribution in [0.3, 0.4) is 0 Å². The average molecular weight is 475 g/mol. The normalized spacial score (nSPS) is 14.7. The summed E-state index contributed by atoms with van der Waals surface area (Å²) in [5.41, 5.74) is 3.50. The van der Waals surface area contributed by atoms with Crippen LogP contribution in [0.15, 0.2) is 66.7 Å². The Balaban J connectivity index is 1.39. The van der Waals surface area contributed by atoms with E-state index < -0.39 is 6.10 Å². The van der Waals surface area contributed by atoms with Gasteiger partial charge in [-0.3, -0.25) is 9.59 Å². The standard InChI is InChI=1S/C28H30N2O5/c1-4-21-7-12-24(13-8-21)34-18-27(31)29-22-9-14-26-25(17-22)30(28(32)20(3)35-26)15-16-33-23-10-5-19(2)6-11-23/h5-14,17,20H,4,15-16,18H2,1-3H3,(H,29,31). The molecule has 2 amide bonds. The molecular formula is C28H30N2O5. The van der Waals surface area contributed by atoms with Crippen molar-refractivity contribution in [2.24, 2.45) is 0 Å². The van der Waals surface area contributed by atoms with E-state index in [-0.39, 0.29) is 18.4 Å². The van der Waals surface area contributed by atoms with Crippen molar-refractivity contribution in [3.63, 3.8) is 0 Å². The van der Waals surface area contributed by atoms with Crippen LogP contribution in [0.4, 0.5) is 11.4 Å². The zero-order valence-electron chi connectivity index (χ0n) is 20.2. The van der Waals surface area contributed by atoms with Gasteiger partial charge in [0.15, 0.2) is 12.7 Å². The SMILES string of the molecule is CCc1ccc(OCC(=O)Nc2ccc3c(c2)N(CCOc2ccc(C)cc2)C(=O)C(C)O3)cc1. The lowest BCUT2D eigenvalue weighted by atomic mass is 10.1. The van der Waals surface area contributed by atoms with Crippen LogP contribution in [0.2, 0.25) is 0 Å². The maximum absolute atomic E-state index is 12.9. The van der Waals surface area contributed by atoms with E-state index in [2.05, 4.69) is 12.2 Å². The predicted octanol–water partition coefficient (Wildman–Crippen LogP) is 4.77. The summed E-state index contributed by atoms with van der Waals surface area (Å²) in [6, 6.07) is 20.7. The van der Waals surface area contributed by atoms with E-state index in [0.29, 0.717) is 36.0 Å². The molecule has 182 valence electrons. The molecule has 4 rings (SSSR count). The fraction of sp³-hybridized carbons (Fsp3) is 0.286. The van der Waals surface area contributed by atoms with Crippen molar-refractivity contribution in [1.82, 2.24) is 0 Å². The number of hydrogen-bond acceptors (Lipinski definition) is 5. The van der Waals surface area contributed by atoms with E-state index in [1.165, 1.54) is 5.56 Å². The van der Waals surface area contributed by atoms with Crippen molar-refractivity contribution in [2.45, 2.75) is 33.3 Å². The summed E-state index contributed by atoms with van der Waals surface area (Å²) in [5, 5.41) is 2.83. The van der Waals surface area contributed by atoms with Crippen molar-refractivity contribution >= 4 is 23.2 Å². The van der Waals surface area contributed by atoms with Crippen LogP contribution in [0.25, 0.3) is 0 Å². The molecule has 0 saturated heterocycles. The van der Waals surface area contributed by atoms with E-state index in [4.69, 9.17) is 14.2 Å². The molecule has 3 aromatic carbocycles. The Bertz CT molecular complexity index is 1170. The highest BCUT2D eigenvalue weighted by Gasteiger charge is 2.31. The number of carbonyl (C=O) groups excluding carboxylic acids is 2. The first kappa shape index (κ1) is 24.1. The molecule has 7 nitrogen and oxygen atoms in total. The van der Waals surface area contributed by atoms with Crippen LogP contribution in [-0.2, 0) is 16.0 Å². The van der Waals surface area contributed by atoms with Crippen molar-refractivity contribution in [1.29, 1.82) is 0 Å². The summed E-state index contributed by atoms with van der Waals surface area (Å²) in [5.74, 6) is 1.51. The summed E-state index contributed by atoms with van der Waals surface area (Å²) >= 11 is 0. The van der Waals surface area contributed by atoms with E-state index in [9.17, 15) is 9.59 Å². The molecule has 0 aliphatic carbocycles. The topological polar surface area (TPSA) is 77.1 Å². The molecule has 3 aromatic rings. The smallest absolute Gasteiger partial charge is 0.267 e. The van der Waals surface area contributed by atoms with Crippen LogP contribution in [0.5, 0.6) is 17.2 Å². The maximum atomic E-state index is 12.9. The van der Waals surface area contributed by atoms with Gasteiger partial charge in [-0.2, -0.15) is 0 Å². The third-order valence-electron chi connectivity index (χ3n) is 5.76. The van der Waals surface area contributed by atoms with Crippen molar-refractivity contribution in [3.8, 4) is 17.2 Å². The van der Waals surface area contributed by atoms with Crippen molar-refractivity contribution in [2.75, 3.05) is 30.0 Å². The number of nitrogens with zero attached hydrogens (tertiary/aromatic N) is 1. The number of benzene rings is 3. The molecule has 1 aliphatic rings. The van der Waals surface area contributed by atoms with Crippen LogP contribution in [0, 0.1) is 6.92 Å². The second-order valence-corrected chi connectivity index (χ2v) is 8.43. The Hall–Kier alpha value is -4.00. The molecule has 0 saturated carbocycles. The largest absolute Gasteiger partial charge is 0.492 e. The van der Waals surface area contributed by atoms with E-state index >= 15 is 0 Å². The zero-order valence-corrected chi connectivity index (χ0v) is 20.2. The Kier molecular flexibility index (Phi) is 7.55. The second kappa shape index (κ2) is 11.0. The highest BCUT2D eigenvalue weighted by atomic mass is 16.5. The quantitative estimate of drug-likeness (QED) is 0.484. The Morgan fingerprint density at radius 2 is 1.69 bits per heavy atom. The van der Waals surface area contributed by atoms with Crippen LogP contribution >= 0.6 is 0 Å². The van der Waals surface area contributed by atoms with Gasteiger partial charge in [0.05, 0.1) is 12.2 Å². The van der Waals surface area contributed by atoms with Crippen molar-refractivity contribution < 1.29 is 23.8 Å². The molecule has 0 spiro atoms. The first-order valence-electron chi connectivity index (χ1n) is 11.8. The van der Waals surface area contributed by atoms with Gasteiger partial charge in [-0.05, 0) is 68.3 Å². The molecule has 0 radical (unpaired) electrons.